The molecule has 1 rings (SSSR count). The Morgan fingerprint density at radius 2 is 2.50 bits per heavy atom. The zero-order valence-electron chi connectivity index (χ0n) is 8.40. The molecule has 1 heterocycles. The Bertz CT molecular complexity index is 226. The Balaban J connectivity index is 2.03. The quantitative estimate of drug-likeness (QED) is 0.719. The number of hydrogen-bond acceptors (Lipinski definition) is 4. The molecule has 1 aromatic heterocycles. The third-order valence-electron chi connectivity index (χ3n) is 1.80. The largest absolute Gasteiger partial charge is 0.389 e. The van der Waals surface area contributed by atoms with E-state index < -0.39 is 6.10 Å². The van der Waals surface area contributed by atoms with E-state index in [1.807, 2.05) is 12.3 Å². The highest BCUT2D eigenvalue weighted by Gasteiger charge is 2.02. The number of aliphatic hydroxyl groups is 1. The summed E-state index contributed by atoms with van der Waals surface area (Å²) in [6.45, 7) is 4.38. The molecule has 0 saturated heterocycles. The number of thiophene rings is 1. The van der Waals surface area contributed by atoms with Gasteiger partial charge in [0.2, 0.25) is 0 Å². The van der Waals surface area contributed by atoms with E-state index in [0.29, 0.717) is 19.8 Å². The van der Waals surface area contributed by atoms with Crippen molar-refractivity contribution in [2.45, 2.75) is 19.6 Å². The van der Waals surface area contributed by atoms with E-state index in [4.69, 9.17) is 4.74 Å². The maximum Gasteiger partial charge on any atom is 0.0897 e. The van der Waals surface area contributed by atoms with Gasteiger partial charge in [-0.25, -0.2) is 0 Å². The van der Waals surface area contributed by atoms with Gasteiger partial charge in [-0.05, 0) is 29.3 Å². The fourth-order valence-corrected chi connectivity index (χ4v) is 1.76. The smallest absolute Gasteiger partial charge is 0.0897 e. The van der Waals surface area contributed by atoms with Crippen LogP contribution in [0, 0.1) is 0 Å². The van der Waals surface area contributed by atoms with E-state index in [2.05, 4.69) is 16.8 Å². The summed E-state index contributed by atoms with van der Waals surface area (Å²) >= 11 is 1.69. The van der Waals surface area contributed by atoms with Crippen LogP contribution in [0.4, 0.5) is 0 Å². The summed E-state index contributed by atoms with van der Waals surface area (Å²) in [5.41, 5.74) is 1.26. The Labute approximate surface area is 88.7 Å². The summed E-state index contributed by atoms with van der Waals surface area (Å²) in [7, 11) is 0. The molecule has 2 N–H and O–H groups in total. The first-order valence-corrected chi connectivity index (χ1v) is 5.74. The van der Waals surface area contributed by atoms with Crippen molar-refractivity contribution in [3.05, 3.63) is 22.4 Å². The molecule has 0 spiro atoms. The lowest BCUT2D eigenvalue weighted by Crippen LogP contribution is -2.29. The number of rotatable bonds is 7. The van der Waals surface area contributed by atoms with Crippen LogP contribution in [0.5, 0.6) is 0 Å². The molecule has 80 valence electrons. The first-order chi connectivity index (χ1) is 6.83. The van der Waals surface area contributed by atoms with Gasteiger partial charge < -0.3 is 15.2 Å². The molecule has 14 heavy (non-hydrogen) atoms. The minimum absolute atomic E-state index is 0.409. The first-order valence-electron chi connectivity index (χ1n) is 4.80. The van der Waals surface area contributed by atoms with Gasteiger partial charge in [0.25, 0.3) is 0 Å². The van der Waals surface area contributed by atoms with Crippen molar-refractivity contribution in [1.82, 2.24) is 5.32 Å². The van der Waals surface area contributed by atoms with Gasteiger partial charge in [-0.15, -0.1) is 0 Å². The molecule has 3 nitrogen and oxygen atoms in total. The number of nitrogens with one attached hydrogen (secondary N) is 1. The van der Waals surface area contributed by atoms with Crippen LogP contribution < -0.4 is 5.32 Å². The van der Waals surface area contributed by atoms with Gasteiger partial charge in [-0.3, -0.25) is 0 Å². The van der Waals surface area contributed by atoms with Gasteiger partial charge in [-0.2, -0.15) is 11.3 Å². The molecule has 0 bridgehead atoms. The predicted octanol–water partition coefficient (Wildman–Crippen LogP) is 1.24. The minimum atomic E-state index is -0.409. The van der Waals surface area contributed by atoms with Crippen LogP contribution in [0.3, 0.4) is 0 Å². The highest BCUT2D eigenvalue weighted by molar-refractivity contribution is 7.07. The van der Waals surface area contributed by atoms with Crippen molar-refractivity contribution >= 4 is 11.3 Å². The normalized spacial score (nSPS) is 13.0. The molecule has 0 aliphatic carbocycles. The monoisotopic (exact) mass is 215 g/mol. The second-order valence-corrected chi connectivity index (χ2v) is 3.86. The SMILES string of the molecule is CCOCC(O)CNCc1ccsc1. The Morgan fingerprint density at radius 3 is 3.14 bits per heavy atom. The average Bonchev–Trinajstić information content (AvgIpc) is 2.67. The summed E-state index contributed by atoms with van der Waals surface area (Å²) < 4.78 is 5.10. The second kappa shape index (κ2) is 6.95. The Morgan fingerprint density at radius 1 is 1.64 bits per heavy atom. The van der Waals surface area contributed by atoms with Crippen molar-refractivity contribution in [1.29, 1.82) is 0 Å². The lowest BCUT2D eigenvalue weighted by Gasteiger charge is -2.10. The van der Waals surface area contributed by atoms with Gasteiger partial charge in [0.15, 0.2) is 0 Å². The molecule has 0 amide bonds. The van der Waals surface area contributed by atoms with Crippen LogP contribution in [0.1, 0.15) is 12.5 Å². The van der Waals surface area contributed by atoms with Gasteiger partial charge in [0.05, 0.1) is 12.7 Å². The highest BCUT2D eigenvalue weighted by Crippen LogP contribution is 2.04. The molecule has 0 aliphatic rings. The van der Waals surface area contributed by atoms with Crippen molar-refractivity contribution in [2.24, 2.45) is 0 Å². The lowest BCUT2D eigenvalue weighted by atomic mass is 10.3. The Kier molecular flexibility index (Phi) is 5.78. The molecule has 0 aliphatic heterocycles. The maximum atomic E-state index is 9.42. The van der Waals surface area contributed by atoms with Crippen molar-refractivity contribution in [3.8, 4) is 0 Å². The molecular weight excluding hydrogens is 198 g/mol. The third-order valence-corrected chi connectivity index (χ3v) is 2.54. The Hall–Kier alpha value is -0.420. The van der Waals surface area contributed by atoms with Gasteiger partial charge in [0.1, 0.15) is 0 Å². The fraction of sp³-hybridized carbons (Fsp3) is 0.600. The maximum absolute atomic E-state index is 9.42. The summed E-state index contributed by atoms with van der Waals surface area (Å²) in [6, 6.07) is 2.08. The highest BCUT2D eigenvalue weighted by atomic mass is 32.1. The molecule has 1 aromatic rings. The second-order valence-electron chi connectivity index (χ2n) is 3.08. The van der Waals surface area contributed by atoms with Crippen LogP contribution in [-0.2, 0) is 11.3 Å². The summed E-state index contributed by atoms with van der Waals surface area (Å²) in [5, 5.41) is 16.7. The summed E-state index contributed by atoms with van der Waals surface area (Å²) in [4.78, 5) is 0. The molecule has 1 unspecified atom stereocenters. The number of ether oxygens (including phenoxy) is 1. The van der Waals surface area contributed by atoms with Crippen LogP contribution in [0.25, 0.3) is 0 Å². The van der Waals surface area contributed by atoms with Crippen LogP contribution in [0.2, 0.25) is 0 Å². The summed E-state index contributed by atoms with van der Waals surface area (Å²) in [5.74, 6) is 0. The topological polar surface area (TPSA) is 41.5 Å². The fourth-order valence-electron chi connectivity index (χ4n) is 1.09. The van der Waals surface area contributed by atoms with Crippen LogP contribution >= 0.6 is 11.3 Å². The van der Waals surface area contributed by atoms with E-state index in [-0.39, 0.29) is 0 Å². The molecule has 0 radical (unpaired) electrons. The summed E-state index contributed by atoms with van der Waals surface area (Å²) in [6.07, 6.45) is -0.409. The van der Waals surface area contributed by atoms with Crippen LogP contribution in [0.15, 0.2) is 16.8 Å². The molecular formula is C10H17NO2S. The molecule has 4 heteroatoms. The molecule has 0 aromatic carbocycles. The van der Waals surface area contributed by atoms with Crippen molar-refractivity contribution in [2.75, 3.05) is 19.8 Å². The third kappa shape index (κ3) is 4.72. The van der Waals surface area contributed by atoms with E-state index in [0.717, 1.165) is 6.54 Å². The number of aliphatic hydroxyl groups excluding tert-OH is 1. The van der Waals surface area contributed by atoms with Gasteiger partial charge >= 0.3 is 0 Å². The lowest BCUT2D eigenvalue weighted by molar-refractivity contribution is 0.0427. The van der Waals surface area contributed by atoms with Gasteiger partial charge in [-0.1, -0.05) is 0 Å². The molecule has 1 atom stereocenters. The minimum Gasteiger partial charge on any atom is -0.389 e. The molecule has 0 fully saturated rings. The molecule has 0 saturated carbocycles. The zero-order valence-corrected chi connectivity index (χ0v) is 9.22. The zero-order chi connectivity index (χ0) is 10.2. The predicted molar refractivity (Wildman–Crippen MR) is 58.5 cm³/mol. The van der Waals surface area contributed by atoms with E-state index >= 15 is 0 Å². The van der Waals surface area contributed by atoms with Gasteiger partial charge in [0, 0.05) is 19.7 Å². The van der Waals surface area contributed by atoms with E-state index in [1.54, 1.807) is 11.3 Å². The van der Waals surface area contributed by atoms with E-state index in [1.165, 1.54) is 5.56 Å². The number of hydrogen-bond donors (Lipinski definition) is 2. The first kappa shape index (κ1) is 11.7. The van der Waals surface area contributed by atoms with Crippen molar-refractivity contribution in [3.63, 3.8) is 0 Å². The van der Waals surface area contributed by atoms with E-state index in [9.17, 15) is 5.11 Å². The standard InChI is InChI=1S/C10H17NO2S/c1-2-13-7-10(12)6-11-5-9-3-4-14-8-9/h3-4,8,10-12H,2,5-7H2,1H3. The average molecular weight is 215 g/mol. The van der Waals surface area contributed by atoms with Crippen LogP contribution in [-0.4, -0.2) is 31.0 Å². The van der Waals surface area contributed by atoms with Crippen molar-refractivity contribution < 1.29 is 9.84 Å².